The van der Waals surface area contributed by atoms with Crippen LogP contribution in [0.5, 0.6) is 0 Å². The summed E-state index contributed by atoms with van der Waals surface area (Å²) in [7, 11) is 1.36. The monoisotopic (exact) mass is 290 g/mol. The van der Waals surface area contributed by atoms with Crippen molar-refractivity contribution in [2.75, 3.05) is 19.0 Å². The van der Waals surface area contributed by atoms with Crippen molar-refractivity contribution in [3.05, 3.63) is 41.2 Å². The fourth-order valence-corrected chi connectivity index (χ4v) is 1.98. The highest BCUT2D eigenvalue weighted by atomic mass is 16.5. The molecule has 0 aliphatic heterocycles. The Hall–Kier alpha value is -2.41. The number of benzene rings is 1. The third-order valence-corrected chi connectivity index (χ3v) is 3.11. The molecule has 0 spiro atoms. The van der Waals surface area contributed by atoms with Crippen LogP contribution in [-0.2, 0) is 17.8 Å². The van der Waals surface area contributed by atoms with E-state index in [1.807, 2.05) is 13.0 Å². The zero-order chi connectivity index (χ0) is 15.2. The van der Waals surface area contributed by atoms with E-state index in [1.54, 1.807) is 23.0 Å². The van der Waals surface area contributed by atoms with Crippen LogP contribution in [0.4, 0.5) is 5.69 Å². The third kappa shape index (κ3) is 3.57. The van der Waals surface area contributed by atoms with Gasteiger partial charge in [-0.15, -0.1) is 5.10 Å². The standard InChI is InChI=1S/C14H18N4O3/c1-10-12(14(20)21-2)4-3-5-13(10)15-8-11-9-18(6-7-19)17-16-11/h3-5,9,15,19H,6-8H2,1-2H3. The number of esters is 1. The molecule has 21 heavy (non-hydrogen) atoms. The van der Waals surface area contributed by atoms with Crippen molar-refractivity contribution in [1.29, 1.82) is 0 Å². The van der Waals surface area contributed by atoms with Gasteiger partial charge in [-0.2, -0.15) is 0 Å². The third-order valence-electron chi connectivity index (χ3n) is 3.11. The molecule has 1 heterocycles. The molecule has 0 bridgehead atoms. The Balaban J connectivity index is 2.07. The number of nitrogens with zero attached hydrogens (tertiary/aromatic N) is 3. The highest BCUT2D eigenvalue weighted by Gasteiger charge is 2.11. The smallest absolute Gasteiger partial charge is 0.338 e. The van der Waals surface area contributed by atoms with Crippen LogP contribution in [0, 0.1) is 6.92 Å². The van der Waals surface area contributed by atoms with Gasteiger partial charge in [0.05, 0.1) is 38.6 Å². The first-order valence-corrected chi connectivity index (χ1v) is 6.57. The molecule has 0 radical (unpaired) electrons. The van der Waals surface area contributed by atoms with Gasteiger partial charge in [0.2, 0.25) is 0 Å². The number of anilines is 1. The second-order valence-electron chi connectivity index (χ2n) is 4.52. The van der Waals surface area contributed by atoms with Crippen LogP contribution in [0.2, 0.25) is 0 Å². The lowest BCUT2D eigenvalue weighted by molar-refractivity contribution is 0.0600. The van der Waals surface area contributed by atoms with Crippen molar-refractivity contribution in [3.63, 3.8) is 0 Å². The van der Waals surface area contributed by atoms with Crippen LogP contribution in [0.25, 0.3) is 0 Å². The fraction of sp³-hybridized carbons (Fsp3) is 0.357. The summed E-state index contributed by atoms with van der Waals surface area (Å²) in [5, 5.41) is 19.9. The average Bonchev–Trinajstić information content (AvgIpc) is 2.93. The average molecular weight is 290 g/mol. The number of ether oxygens (including phenoxy) is 1. The summed E-state index contributed by atoms with van der Waals surface area (Å²) in [6, 6.07) is 5.41. The van der Waals surface area contributed by atoms with Crippen LogP contribution in [0.15, 0.2) is 24.4 Å². The van der Waals surface area contributed by atoms with Gasteiger partial charge in [-0.1, -0.05) is 11.3 Å². The fourth-order valence-electron chi connectivity index (χ4n) is 1.98. The zero-order valence-corrected chi connectivity index (χ0v) is 12.0. The normalized spacial score (nSPS) is 10.4. The lowest BCUT2D eigenvalue weighted by Crippen LogP contribution is -2.07. The van der Waals surface area contributed by atoms with E-state index in [0.717, 1.165) is 16.9 Å². The number of aromatic nitrogens is 3. The molecular formula is C14H18N4O3. The maximum absolute atomic E-state index is 11.6. The predicted molar refractivity (Wildman–Crippen MR) is 77.0 cm³/mol. The van der Waals surface area contributed by atoms with E-state index in [-0.39, 0.29) is 12.6 Å². The zero-order valence-electron chi connectivity index (χ0n) is 12.0. The second-order valence-corrected chi connectivity index (χ2v) is 4.52. The Labute approximate surface area is 122 Å². The number of carbonyl (C=O) groups excluding carboxylic acids is 1. The summed E-state index contributed by atoms with van der Waals surface area (Å²) >= 11 is 0. The number of hydrogen-bond acceptors (Lipinski definition) is 6. The minimum absolute atomic E-state index is 0.0243. The van der Waals surface area contributed by atoms with E-state index in [2.05, 4.69) is 15.6 Å². The Bertz CT molecular complexity index is 624. The Kier molecular flexibility index (Phi) is 4.89. The molecule has 0 amide bonds. The minimum atomic E-state index is -0.356. The van der Waals surface area contributed by atoms with E-state index in [0.29, 0.717) is 18.7 Å². The summed E-state index contributed by atoms with van der Waals surface area (Å²) in [5.41, 5.74) is 2.96. The summed E-state index contributed by atoms with van der Waals surface area (Å²) in [6.45, 7) is 2.79. The van der Waals surface area contributed by atoms with Crippen molar-refractivity contribution in [2.45, 2.75) is 20.0 Å². The van der Waals surface area contributed by atoms with Crippen LogP contribution in [0.3, 0.4) is 0 Å². The molecule has 2 N–H and O–H groups in total. The summed E-state index contributed by atoms with van der Waals surface area (Å²) in [4.78, 5) is 11.6. The SMILES string of the molecule is COC(=O)c1cccc(NCc2cn(CCO)nn2)c1C. The van der Waals surface area contributed by atoms with E-state index < -0.39 is 0 Å². The van der Waals surface area contributed by atoms with Crippen molar-refractivity contribution in [2.24, 2.45) is 0 Å². The molecule has 112 valence electrons. The van der Waals surface area contributed by atoms with Gasteiger partial charge in [0.15, 0.2) is 0 Å². The first kappa shape index (κ1) is 15.0. The molecule has 0 unspecified atom stereocenters. The molecule has 0 saturated heterocycles. The number of hydrogen-bond donors (Lipinski definition) is 2. The van der Waals surface area contributed by atoms with Gasteiger partial charge in [-0.05, 0) is 24.6 Å². The van der Waals surface area contributed by atoms with E-state index >= 15 is 0 Å². The van der Waals surface area contributed by atoms with Gasteiger partial charge in [0.25, 0.3) is 0 Å². The molecule has 1 aromatic heterocycles. The van der Waals surface area contributed by atoms with Crippen LogP contribution in [-0.4, -0.2) is 39.8 Å². The Morgan fingerprint density at radius 2 is 2.29 bits per heavy atom. The molecule has 7 nitrogen and oxygen atoms in total. The molecule has 0 atom stereocenters. The number of rotatable bonds is 6. The summed E-state index contributed by atoms with van der Waals surface area (Å²) in [6.07, 6.45) is 1.77. The minimum Gasteiger partial charge on any atom is -0.465 e. The molecule has 7 heteroatoms. The number of methoxy groups -OCH3 is 1. The van der Waals surface area contributed by atoms with Crippen molar-refractivity contribution in [3.8, 4) is 0 Å². The maximum Gasteiger partial charge on any atom is 0.338 e. The van der Waals surface area contributed by atoms with Crippen molar-refractivity contribution >= 4 is 11.7 Å². The highest BCUT2D eigenvalue weighted by Crippen LogP contribution is 2.20. The Morgan fingerprint density at radius 3 is 3.00 bits per heavy atom. The molecule has 2 aromatic rings. The van der Waals surface area contributed by atoms with Crippen LogP contribution in [0.1, 0.15) is 21.6 Å². The van der Waals surface area contributed by atoms with Gasteiger partial charge >= 0.3 is 5.97 Å². The first-order chi connectivity index (χ1) is 10.2. The molecule has 0 saturated carbocycles. The summed E-state index contributed by atoms with van der Waals surface area (Å²) in [5.74, 6) is -0.356. The number of aliphatic hydroxyl groups is 1. The van der Waals surface area contributed by atoms with Crippen LogP contribution < -0.4 is 5.32 Å². The molecule has 2 rings (SSSR count). The lowest BCUT2D eigenvalue weighted by Gasteiger charge is -2.11. The number of carbonyl (C=O) groups is 1. The number of aliphatic hydroxyl groups excluding tert-OH is 1. The Morgan fingerprint density at radius 1 is 1.48 bits per heavy atom. The van der Waals surface area contributed by atoms with Gasteiger partial charge in [0.1, 0.15) is 5.69 Å². The number of nitrogens with one attached hydrogen (secondary N) is 1. The van der Waals surface area contributed by atoms with Gasteiger partial charge in [-0.3, -0.25) is 0 Å². The van der Waals surface area contributed by atoms with E-state index in [1.165, 1.54) is 7.11 Å². The largest absolute Gasteiger partial charge is 0.465 e. The van der Waals surface area contributed by atoms with E-state index in [4.69, 9.17) is 9.84 Å². The van der Waals surface area contributed by atoms with Gasteiger partial charge in [0, 0.05) is 5.69 Å². The molecule has 1 aromatic carbocycles. The molecule has 0 aliphatic carbocycles. The molecule has 0 fully saturated rings. The quantitative estimate of drug-likeness (QED) is 0.771. The van der Waals surface area contributed by atoms with Gasteiger partial charge in [-0.25, -0.2) is 9.48 Å². The van der Waals surface area contributed by atoms with E-state index in [9.17, 15) is 4.79 Å². The van der Waals surface area contributed by atoms with Crippen molar-refractivity contribution < 1.29 is 14.6 Å². The second kappa shape index (κ2) is 6.85. The molecular weight excluding hydrogens is 272 g/mol. The van der Waals surface area contributed by atoms with Gasteiger partial charge < -0.3 is 15.2 Å². The summed E-state index contributed by atoms with van der Waals surface area (Å²) < 4.78 is 6.33. The lowest BCUT2D eigenvalue weighted by atomic mass is 10.1. The predicted octanol–water partition coefficient (Wildman–Crippen LogP) is 0.978. The topological polar surface area (TPSA) is 89.3 Å². The first-order valence-electron chi connectivity index (χ1n) is 6.57. The van der Waals surface area contributed by atoms with Crippen molar-refractivity contribution in [1.82, 2.24) is 15.0 Å². The van der Waals surface area contributed by atoms with Crippen LogP contribution >= 0.6 is 0 Å². The maximum atomic E-state index is 11.6. The molecule has 0 aliphatic rings. The highest BCUT2D eigenvalue weighted by molar-refractivity contribution is 5.92.